The highest BCUT2D eigenvalue weighted by Gasteiger charge is 2.22. The molecular weight excluding hydrogens is 408 g/mol. The van der Waals surface area contributed by atoms with E-state index >= 15 is 0 Å². The number of nitro benzene ring substituents is 1. The number of sulfonamides is 1. The van der Waals surface area contributed by atoms with E-state index in [4.69, 9.17) is 0 Å². The SMILES string of the molecule is CC(CC(=O)NCCNS(=O)(=O)c1cccc([N+](=O)[O-])c1)C1CCNCC1.Cl. The van der Waals surface area contributed by atoms with Gasteiger partial charge >= 0.3 is 0 Å². The molecule has 11 heteroatoms. The third-order valence-electron chi connectivity index (χ3n) is 4.77. The van der Waals surface area contributed by atoms with Gasteiger partial charge in [0.15, 0.2) is 0 Å². The molecule has 1 heterocycles. The topological polar surface area (TPSA) is 130 Å². The quantitative estimate of drug-likeness (QED) is 0.306. The Labute approximate surface area is 171 Å². The molecule has 1 aliphatic heterocycles. The summed E-state index contributed by atoms with van der Waals surface area (Å²) in [5.41, 5.74) is -0.293. The Morgan fingerprint density at radius 3 is 2.64 bits per heavy atom. The number of amides is 1. The lowest BCUT2D eigenvalue weighted by atomic mass is 9.84. The monoisotopic (exact) mass is 434 g/mol. The van der Waals surface area contributed by atoms with E-state index in [-0.39, 0.29) is 47.9 Å². The van der Waals surface area contributed by atoms with Gasteiger partial charge in [-0.3, -0.25) is 14.9 Å². The van der Waals surface area contributed by atoms with Gasteiger partial charge in [0.1, 0.15) is 0 Å². The number of rotatable bonds is 9. The fourth-order valence-electron chi connectivity index (χ4n) is 3.18. The zero-order chi connectivity index (χ0) is 19.9. The van der Waals surface area contributed by atoms with Crippen LogP contribution >= 0.6 is 12.4 Å². The van der Waals surface area contributed by atoms with Gasteiger partial charge in [0.2, 0.25) is 15.9 Å². The molecule has 1 aromatic rings. The number of halogens is 1. The normalized spacial score (nSPS) is 16.0. The van der Waals surface area contributed by atoms with Crippen LogP contribution in [-0.2, 0) is 14.8 Å². The number of piperidine rings is 1. The van der Waals surface area contributed by atoms with Crippen molar-refractivity contribution in [1.29, 1.82) is 0 Å². The number of carbonyl (C=O) groups excluding carboxylic acids is 1. The van der Waals surface area contributed by atoms with Gasteiger partial charge < -0.3 is 10.6 Å². The van der Waals surface area contributed by atoms with Crippen molar-refractivity contribution in [1.82, 2.24) is 15.4 Å². The molecule has 1 amide bonds. The summed E-state index contributed by atoms with van der Waals surface area (Å²) in [5, 5.41) is 16.8. The molecule has 1 saturated heterocycles. The highest BCUT2D eigenvalue weighted by atomic mass is 35.5. The summed E-state index contributed by atoms with van der Waals surface area (Å²) in [6, 6.07) is 4.83. The number of hydrogen-bond acceptors (Lipinski definition) is 6. The Kier molecular flexibility index (Phi) is 9.80. The zero-order valence-electron chi connectivity index (χ0n) is 15.7. The largest absolute Gasteiger partial charge is 0.355 e. The van der Waals surface area contributed by atoms with E-state index in [2.05, 4.69) is 22.3 Å². The van der Waals surface area contributed by atoms with Crippen molar-refractivity contribution in [2.24, 2.45) is 11.8 Å². The van der Waals surface area contributed by atoms with Crippen molar-refractivity contribution in [2.75, 3.05) is 26.2 Å². The minimum Gasteiger partial charge on any atom is -0.355 e. The lowest BCUT2D eigenvalue weighted by Gasteiger charge is -2.27. The van der Waals surface area contributed by atoms with Crippen LogP contribution in [0.15, 0.2) is 29.2 Å². The summed E-state index contributed by atoms with van der Waals surface area (Å²) in [4.78, 5) is 22.0. The Balaban J connectivity index is 0.00000392. The number of nitrogens with one attached hydrogen (secondary N) is 3. The fraction of sp³-hybridized carbons (Fsp3) is 0.588. The van der Waals surface area contributed by atoms with Gasteiger partial charge in [0.25, 0.3) is 5.69 Å². The van der Waals surface area contributed by atoms with Crippen molar-refractivity contribution < 1.29 is 18.1 Å². The second-order valence-corrected chi connectivity index (χ2v) is 8.54. The molecule has 0 aromatic heterocycles. The molecule has 0 radical (unpaired) electrons. The van der Waals surface area contributed by atoms with Gasteiger partial charge in [-0.15, -0.1) is 12.4 Å². The Bertz CT molecular complexity index is 769. The molecule has 1 fully saturated rings. The molecule has 1 atom stereocenters. The summed E-state index contributed by atoms with van der Waals surface area (Å²) < 4.78 is 26.7. The lowest BCUT2D eigenvalue weighted by Crippen LogP contribution is -2.36. The molecule has 158 valence electrons. The van der Waals surface area contributed by atoms with Gasteiger partial charge in [-0.2, -0.15) is 0 Å². The van der Waals surface area contributed by atoms with Crippen molar-refractivity contribution >= 4 is 34.0 Å². The second-order valence-electron chi connectivity index (χ2n) is 6.77. The summed E-state index contributed by atoms with van der Waals surface area (Å²) in [5.74, 6) is 0.716. The van der Waals surface area contributed by atoms with E-state index in [0.717, 1.165) is 32.0 Å². The van der Waals surface area contributed by atoms with Gasteiger partial charge in [-0.1, -0.05) is 13.0 Å². The molecule has 0 saturated carbocycles. The molecule has 1 unspecified atom stereocenters. The molecule has 2 rings (SSSR count). The number of non-ortho nitro benzene ring substituents is 1. The summed E-state index contributed by atoms with van der Waals surface area (Å²) in [6.45, 7) is 4.21. The number of nitro groups is 1. The molecule has 1 aliphatic rings. The maximum atomic E-state index is 12.2. The van der Waals surface area contributed by atoms with E-state index in [1.807, 2.05) is 0 Å². The third kappa shape index (κ3) is 7.34. The summed E-state index contributed by atoms with van der Waals surface area (Å²) in [7, 11) is -3.87. The number of carbonyl (C=O) groups is 1. The minimum absolute atomic E-state index is 0. The highest BCUT2D eigenvalue weighted by molar-refractivity contribution is 7.89. The van der Waals surface area contributed by atoms with Crippen molar-refractivity contribution in [3.63, 3.8) is 0 Å². The van der Waals surface area contributed by atoms with Crippen LogP contribution in [0.4, 0.5) is 5.69 Å². The van der Waals surface area contributed by atoms with Crippen LogP contribution in [0, 0.1) is 22.0 Å². The molecular formula is C17H27ClN4O5S. The standard InChI is InChI=1S/C17H26N4O5S.ClH/c1-13(14-5-7-18-8-6-14)11-17(22)19-9-10-20-27(25,26)16-4-2-3-15(12-16)21(23)24;/h2-4,12-14,18,20H,5-11H2,1H3,(H,19,22);1H. The Morgan fingerprint density at radius 2 is 2.00 bits per heavy atom. The molecule has 3 N–H and O–H groups in total. The average molecular weight is 435 g/mol. The first kappa shape index (κ1) is 24.3. The highest BCUT2D eigenvalue weighted by Crippen LogP contribution is 2.24. The Morgan fingerprint density at radius 1 is 1.32 bits per heavy atom. The van der Waals surface area contributed by atoms with Gasteiger partial charge in [0.05, 0.1) is 9.82 Å². The van der Waals surface area contributed by atoms with Crippen molar-refractivity contribution in [3.8, 4) is 0 Å². The van der Waals surface area contributed by atoms with Gasteiger partial charge in [-0.25, -0.2) is 13.1 Å². The predicted octanol–water partition coefficient (Wildman–Crippen LogP) is 1.44. The van der Waals surface area contributed by atoms with E-state index in [0.29, 0.717) is 12.3 Å². The van der Waals surface area contributed by atoms with Crippen molar-refractivity contribution in [2.45, 2.75) is 31.1 Å². The molecule has 0 bridgehead atoms. The predicted molar refractivity (Wildman–Crippen MR) is 108 cm³/mol. The van der Waals surface area contributed by atoms with Crippen LogP contribution in [0.5, 0.6) is 0 Å². The molecule has 1 aromatic carbocycles. The minimum atomic E-state index is -3.87. The van der Waals surface area contributed by atoms with Crippen LogP contribution in [0.25, 0.3) is 0 Å². The molecule has 0 spiro atoms. The molecule has 0 aliphatic carbocycles. The summed E-state index contributed by atoms with van der Waals surface area (Å²) in [6.07, 6.45) is 2.55. The molecule has 28 heavy (non-hydrogen) atoms. The third-order valence-corrected chi connectivity index (χ3v) is 6.23. The maximum absolute atomic E-state index is 12.2. The lowest BCUT2D eigenvalue weighted by molar-refractivity contribution is -0.385. The fourth-order valence-corrected chi connectivity index (χ4v) is 4.25. The maximum Gasteiger partial charge on any atom is 0.270 e. The first-order valence-corrected chi connectivity index (χ1v) is 10.5. The number of nitrogens with zero attached hydrogens (tertiary/aromatic N) is 1. The summed E-state index contributed by atoms with van der Waals surface area (Å²) >= 11 is 0. The average Bonchev–Trinajstić information content (AvgIpc) is 2.66. The zero-order valence-corrected chi connectivity index (χ0v) is 17.4. The van der Waals surface area contributed by atoms with E-state index in [1.165, 1.54) is 18.2 Å². The first-order valence-electron chi connectivity index (χ1n) is 9.01. The smallest absolute Gasteiger partial charge is 0.270 e. The van der Waals surface area contributed by atoms with Gasteiger partial charge in [0, 0.05) is 31.6 Å². The second kappa shape index (κ2) is 11.3. The number of hydrogen-bond donors (Lipinski definition) is 3. The van der Waals surface area contributed by atoms with Crippen LogP contribution in [0.1, 0.15) is 26.2 Å². The van der Waals surface area contributed by atoms with Crippen molar-refractivity contribution in [3.05, 3.63) is 34.4 Å². The molecule has 9 nitrogen and oxygen atoms in total. The first-order chi connectivity index (χ1) is 12.8. The van der Waals surface area contributed by atoms with Crippen LogP contribution in [-0.4, -0.2) is 45.4 Å². The van der Waals surface area contributed by atoms with Gasteiger partial charge in [-0.05, 0) is 43.8 Å². The van der Waals surface area contributed by atoms with E-state index in [9.17, 15) is 23.3 Å². The Hall–Kier alpha value is -1.75. The van der Waals surface area contributed by atoms with Crippen LogP contribution in [0.2, 0.25) is 0 Å². The van der Waals surface area contributed by atoms with E-state index in [1.54, 1.807) is 0 Å². The van der Waals surface area contributed by atoms with Crippen LogP contribution in [0.3, 0.4) is 0 Å². The van der Waals surface area contributed by atoms with E-state index < -0.39 is 14.9 Å². The van der Waals surface area contributed by atoms with Crippen LogP contribution < -0.4 is 15.4 Å². The number of benzene rings is 1.